The maximum atomic E-state index is 12.4. The maximum Gasteiger partial charge on any atom is 0.266 e. The molecule has 3 aromatic rings. The molecule has 0 aliphatic carbocycles. The van der Waals surface area contributed by atoms with Crippen LogP contribution in [0.5, 0.6) is 17.2 Å². The number of hydrogen-bond donors (Lipinski definition) is 1. The van der Waals surface area contributed by atoms with Crippen molar-refractivity contribution in [2.75, 3.05) is 20.8 Å². The number of halogens is 1. The number of carbonyl (C=O) groups excluding carboxylic acids is 1. The van der Waals surface area contributed by atoms with Gasteiger partial charge in [0, 0.05) is 23.2 Å². The Morgan fingerprint density at radius 2 is 1.85 bits per heavy atom. The summed E-state index contributed by atoms with van der Waals surface area (Å²) in [6.07, 6.45) is -0.720. The number of benzene rings is 2. The number of nitrogens with zero attached hydrogens (tertiary/aromatic N) is 2. The first kappa shape index (κ1) is 24.1. The Hall–Kier alpha value is -3.52. The Labute approximate surface area is 197 Å². The van der Waals surface area contributed by atoms with Gasteiger partial charge in [-0.1, -0.05) is 11.6 Å². The number of nitrogens with one attached hydrogen (secondary N) is 1. The van der Waals surface area contributed by atoms with Gasteiger partial charge in [0.25, 0.3) is 11.5 Å². The standard InChI is InChI=1S/C24H26ClN3O5/c1-15-13-18(5-7-20(15)25)33-16(2)24(30)26-11-12-28-23(29)10-8-21(27-28)19-14-17(31-3)6-9-22(19)32-4/h5-10,13-14,16H,11-12H2,1-4H3,(H,26,30). The van der Waals surface area contributed by atoms with Gasteiger partial charge in [0.2, 0.25) is 0 Å². The van der Waals surface area contributed by atoms with Crippen LogP contribution in [0.3, 0.4) is 0 Å². The summed E-state index contributed by atoms with van der Waals surface area (Å²) in [5.74, 6) is 1.49. The molecule has 1 atom stereocenters. The predicted molar refractivity (Wildman–Crippen MR) is 126 cm³/mol. The van der Waals surface area contributed by atoms with Crippen LogP contribution < -0.4 is 25.1 Å². The minimum Gasteiger partial charge on any atom is -0.497 e. The molecular weight excluding hydrogens is 446 g/mol. The van der Waals surface area contributed by atoms with Gasteiger partial charge in [0.05, 0.1) is 26.5 Å². The molecule has 0 bridgehead atoms. The fourth-order valence-electron chi connectivity index (χ4n) is 3.14. The van der Waals surface area contributed by atoms with Gasteiger partial charge in [0.1, 0.15) is 17.2 Å². The first-order valence-corrected chi connectivity index (χ1v) is 10.7. The van der Waals surface area contributed by atoms with E-state index in [0.717, 1.165) is 5.56 Å². The zero-order valence-corrected chi connectivity index (χ0v) is 19.7. The largest absolute Gasteiger partial charge is 0.497 e. The van der Waals surface area contributed by atoms with Crippen LogP contribution >= 0.6 is 11.6 Å². The minimum absolute atomic E-state index is 0.192. The average molecular weight is 472 g/mol. The summed E-state index contributed by atoms with van der Waals surface area (Å²) < 4.78 is 17.7. The number of ether oxygens (including phenoxy) is 3. The SMILES string of the molecule is COc1ccc(OC)c(-c2ccc(=O)n(CCNC(=O)C(C)Oc3ccc(Cl)c(C)c3)n2)c1. The van der Waals surface area contributed by atoms with Crippen molar-refractivity contribution in [3.05, 3.63) is 69.5 Å². The second-order valence-electron chi connectivity index (χ2n) is 7.31. The van der Waals surface area contributed by atoms with E-state index in [2.05, 4.69) is 10.4 Å². The zero-order chi connectivity index (χ0) is 24.0. The molecule has 3 rings (SSSR count). The fraction of sp³-hybridized carbons (Fsp3) is 0.292. The quantitative estimate of drug-likeness (QED) is 0.513. The van der Waals surface area contributed by atoms with Crippen molar-refractivity contribution in [3.8, 4) is 28.5 Å². The molecule has 1 amide bonds. The van der Waals surface area contributed by atoms with Gasteiger partial charge in [0.15, 0.2) is 6.10 Å². The Bertz CT molecular complexity index is 1190. The number of rotatable bonds is 9. The molecular formula is C24H26ClN3O5. The van der Waals surface area contributed by atoms with Crippen LogP contribution in [-0.2, 0) is 11.3 Å². The lowest BCUT2D eigenvalue weighted by atomic mass is 10.1. The van der Waals surface area contributed by atoms with E-state index in [4.69, 9.17) is 25.8 Å². The molecule has 1 heterocycles. The van der Waals surface area contributed by atoms with Crippen molar-refractivity contribution in [3.63, 3.8) is 0 Å². The highest BCUT2D eigenvalue weighted by Crippen LogP contribution is 2.31. The number of carbonyl (C=O) groups is 1. The molecule has 1 aromatic heterocycles. The molecule has 0 aliphatic rings. The van der Waals surface area contributed by atoms with Crippen LogP contribution in [0.4, 0.5) is 0 Å². The lowest BCUT2D eigenvalue weighted by molar-refractivity contribution is -0.127. The van der Waals surface area contributed by atoms with Crippen LogP contribution in [0.1, 0.15) is 12.5 Å². The monoisotopic (exact) mass is 471 g/mol. The Kier molecular flexibility index (Phi) is 7.95. The normalized spacial score (nSPS) is 11.5. The van der Waals surface area contributed by atoms with E-state index in [0.29, 0.717) is 33.5 Å². The maximum absolute atomic E-state index is 12.4. The van der Waals surface area contributed by atoms with E-state index >= 15 is 0 Å². The third kappa shape index (κ3) is 6.04. The molecule has 0 saturated carbocycles. The van der Waals surface area contributed by atoms with Crippen molar-refractivity contribution in [1.82, 2.24) is 15.1 Å². The topological polar surface area (TPSA) is 91.7 Å². The summed E-state index contributed by atoms with van der Waals surface area (Å²) in [4.78, 5) is 24.7. The van der Waals surface area contributed by atoms with Gasteiger partial charge in [-0.05, 0) is 61.9 Å². The van der Waals surface area contributed by atoms with Gasteiger partial charge in [-0.2, -0.15) is 5.10 Å². The molecule has 8 nitrogen and oxygen atoms in total. The van der Waals surface area contributed by atoms with Crippen LogP contribution in [-0.4, -0.2) is 42.6 Å². The third-order valence-electron chi connectivity index (χ3n) is 4.98. The lowest BCUT2D eigenvalue weighted by Crippen LogP contribution is -2.39. The second kappa shape index (κ2) is 10.9. The summed E-state index contributed by atoms with van der Waals surface area (Å²) in [7, 11) is 3.13. The molecule has 0 radical (unpaired) electrons. The third-order valence-corrected chi connectivity index (χ3v) is 5.41. The van der Waals surface area contributed by atoms with Crippen LogP contribution in [0, 0.1) is 6.92 Å². The molecule has 0 fully saturated rings. The first-order chi connectivity index (χ1) is 15.8. The molecule has 174 valence electrons. The summed E-state index contributed by atoms with van der Waals surface area (Å²) in [6.45, 7) is 3.91. The van der Waals surface area contributed by atoms with Crippen molar-refractivity contribution in [2.24, 2.45) is 0 Å². The molecule has 0 saturated heterocycles. The number of amides is 1. The number of methoxy groups -OCH3 is 2. The number of aryl methyl sites for hydroxylation is 1. The van der Waals surface area contributed by atoms with Gasteiger partial charge in [-0.25, -0.2) is 4.68 Å². The van der Waals surface area contributed by atoms with E-state index in [1.807, 2.05) is 6.92 Å². The molecule has 1 unspecified atom stereocenters. The van der Waals surface area contributed by atoms with Crippen molar-refractivity contribution in [2.45, 2.75) is 26.5 Å². The summed E-state index contributed by atoms with van der Waals surface area (Å²) in [5, 5.41) is 7.83. The lowest BCUT2D eigenvalue weighted by Gasteiger charge is -2.16. The second-order valence-corrected chi connectivity index (χ2v) is 7.72. The van der Waals surface area contributed by atoms with Crippen LogP contribution in [0.2, 0.25) is 5.02 Å². The van der Waals surface area contributed by atoms with E-state index in [9.17, 15) is 9.59 Å². The van der Waals surface area contributed by atoms with Gasteiger partial charge < -0.3 is 19.5 Å². The first-order valence-electron chi connectivity index (χ1n) is 10.3. The van der Waals surface area contributed by atoms with Crippen molar-refractivity contribution < 1.29 is 19.0 Å². The van der Waals surface area contributed by atoms with E-state index in [1.165, 1.54) is 10.7 Å². The van der Waals surface area contributed by atoms with Crippen LogP contribution in [0.15, 0.2) is 53.3 Å². The molecule has 0 spiro atoms. The highest BCUT2D eigenvalue weighted by Gasteiger charge is 2.15. The predicted octanol–water partition coefficient (Wildman–Crippen LogP) is 3.47. The smallest absolute Gasteiger partial charge is 0.266 e. The van der Waals surface area contributed by atoms with Gasteiger partial charge in [-0.15, -0.1) is 0 Å². The minimum atomic E-state index is -0.720. The Balaban J connectivity index is 1.65. The van der Waals surface area contributed by atoms with Gasteiger partial charge >= 0.3 is 0 Å². The summed E-state index contributed by atoms with van der Waals surface area (Å²) >= 11 is 6.02. The zero-order valence-electron chi connectivity index (χ0n) is 18.9. The number of aromatic nitrogens is 2. The van der Waals surface area contributed by atoms with E-state index in [1.54, 1.807) is 63.6 Å². The van der Waals surface area contributed by atoms with Crippen LogP contribution in [0.25, 0.3) is 11.3 Å². The molecule has 1 N–H and O–H groups in total. The molecule has 2 aromatic carbocycles. The van der Waals surface area contributed by atoms with Gasteiger partial charge in [-0.3, -0.25) is 9.59 Å². The highest BCUT2D eigenvalue weighted by atomic mass is 35.5. The van der Waals surface area contributed by atoms with E-state index < -0.39 is 6.10 Å². The molecule has 9 heteroatoms. The van der Waals surface area contributed by atoms with Crippen molar-refractivity contribution in [1.29, 1.82) is 0 Å². The average Bonchev–Trinajstić information content (AvgIpc) is 2.82. The Morgan fingerprint density at radius 1 is 1.09 bits per heavy atom. The number of hydrogen-bond acceptors (Lipinski definition) is 6. The van der Waals surface area contributed by atoms with Crippen molar-refractivity contribution >= 4 is 17.5 Å². The fourth-order valence-corrected chi connectivity index (χ4v) is 3.26. The molecule has 33 heavy (non-hydrogen) atoms. The van der Waals surface area contributed by atoms with E-state index in [-0.39, 0.29) is 24.6 Å². The Morgan fingerprint density at radius 3 is 2.55 bits per heavy atom. The molecule has 0 aliphatic heterocycles. The summed E-state index contributed by atoms with van der Waals surface area (Å²) in [6, 6.07) is 13.6. The summed E-state index contributed by atoms with van der Waals surface area (Å²) in [5.41, 5.74) is 1.82. The highest BCUT2D eigenvalue weighted by molar-refractivity contribution is 6.31.